The van der Waals surface area contributed by atoms with Gasteiger partial charge in [-0.2, -0.15) is 0 Å². The van der Waals surface area contributed by atoms with Gasteiger partial charge in [-0.1, -0.05) is 71.6 Å². The highest BCUT2D eigenvalue weighted by atomic mass is 32.2. The highest BCUT2D eigenvalue weighted by Gasteiger charge is 2.22. The second-order valence-corrected chi connectivity index (χ2v) is 18.0. The number of non-ortho nitro benzene ring substituents is 2. The molecule has 1 heterocycles. The molecule has 0 atom stereocenters. The molecule has 0 unspecified atom stereocenters. The lowest BCUT2D eigenvalue weighted by Crippen LogP contribution is -2.15. The number of hydrogen-bond acceptors (Lipinski definition) is 9. The van der Waals surface area contributed by atoms with E-state index in [4.69, 9.17) is 0 Å². The Morgan fingerprint density at radius 1 is 0.536 bits per heavy atom. The first kappa shape index (κ1) is 40.6. The van der Waals surface area contributed by atoms with Crippen molar-refractivity contribution in [2.45, 2.75) is 62.2 Å². The lowest BCUT2D eigenvalue weighted by Gasteiger charge is -2.20. The zero-order chi connectivity index (χ0) is 41.1. The summed E-state index contributed by atoms with van der Waals surface area (Å²) in [6.07, 6.45) is 0. The number of benzene rings is 4. The van der Waals surface area contributed by atoms with Crippen LogP contribution in [0.3, 0.4) is 0 Å². The van der Waals surface area contributed by atoms with E-state index in [1.165, 1.54) is 0 Å². The molecule has 0 amide bonds. The number of nitrogens with one attached hydrogen (secondary N) is 2. The Bertz CT molecular complexity index is 2510. The van der Waals surface area contributed by atoms with Gasteiger partial charge in [-0.25, -0.2) is 21.8 Å². The van der Waals surface area contributed by atoms with E-state index in [0.29, 0.717) is 22.5 Å². The Hall–Kier alpha value is -6.55. The van der Waals surface area contributed by atoms with E-state index in [1.807, 2.05) is 41.5 Å². The van der Waals surface area contributed by atoms with Crippen LogP contribution in [-0.4, -0.2) is 31.7 Å². The lowest BCUT2D eigenvalue weighted by molar-refractivity contribution is -0.385. The van der Waals surface area contributed by atoms with Crippen LogP contribution in [0, 0.1) is 43.9 Å². The van der Waals surface area contributed by atoms with E-state index in [2.05, 4.69) is 38.1 Å². The van der Waals surface area contributed by atoms with Crippen LogP contribution in [0.5, 0.6) is 0 Å². The van der Waals surface area contributed by atoms with Crippen molar-refractivity contribution < 1.29 is 26.7 Å². The van der Waals surface area contributed by atoms with Crippen LogP contribution in [0.4, 0.5) is 22.7 Å². The molecule has 0 aliphatic heterocycles. The van der Waals surface area contributed by atoms with Crippen molar-refractivity contribution in [3.05, 3.63) is 157 Å². The van der Waals surface area contributed by atoms with Crippen molar-refractivity contribution >= 4 is 42.8 Å². The largest absolute Gasteiger partial charge is 0.278 e. The summed E-state index contributed by atoms with van der Waals surface area (Å²) in [4.78, 5) is 25.1. The molecule has 0 bridgehead atoms. The monoisotopic (exact) mass is 791 g/mol. The maximum atomic E-state index is 13.3. The maximum absolute atomic E-state index is 13.3. The van der Waals surface area contributed by atoms with Crippen LogP contribution >= 0.6 is 0 Å². The van der Waals surface area contributed by atoms with Crippen LogP contribution < -0.4 is 9.44 Å². The van der Waals surface area contributed by atoms with Crippen LogP contribution in [0.15, 0.2) is 113 Å². The molecule has 15 heteroatoms. The van der Waals surface area contributed by atoms with Crippen molar-refractivity contribution in [2.75, 3.05) is 9.44 Å². The van der Waals surface area contributed by atoms with Gasteiger partial charge in [0.2, 0.25) is 0 Å². The summed E-state index contributed by atoms with van der Waals surface area (Å²) in [7, 11) is -8.28. The highest BCUT2D eigenvalue weighted by molar-refractivity contribution is 7.93. The zero-order valence-corrected chi connectivity index (χ0v) is 32.9. The first-order valence-corrected chi connectivity index (χ1v) is 19.9. The molecule has 286 valence electrons. The minimum atomic E-state index is -4.14. The standard InChI is InChI=1S/C41H37N5O8S2/c1-40(2,3)30-12-24-38(43-55(51,52)36-20-16-34(17-21-36)45(47)48)28(26-30)10-14-32-8-7-9-33(42-32)15-11-29-27-31(41(4,5)6)13-25-39(29)44-56(53,54)37-22-18-35(19-23-37)46(49)50/h7-9,12-13,16-27,43-44H,1-6H3. The predicted molar refractivity (Wildman–Crippen MR) is 214 cm³/mol. The Kier molecular flexibility index (Phi) is 11.4. The molecule has 2 N–H and O–H groups in total. The molecule has 0 aliphatic rings. The summed E-state index contributed by atoms with van der Waals surface area (Å²) in [6.45, 7) is 12.0. The Labute approximate surface area is 325 Å². The maximum Gasteiger partial charge on any atom is 0.269 e. The first-order valence-electron chi connectivity index (χ1n) is 17.0. The van der Waals surface area contributed by atoms with Gasteiger partial charge in [-0.3, -0.25) is 29.7 Å². The third kappa shape index (κ3) is 9.95. The Morgan fingerprint density at radius 2 is 0.893 bits per heavy atom. The number of nitrogens with zero attached hydrogens (tertiary/aromatic N) is 3. The molecule has 0 radical (unpaired) electrons. The van der Waals surface area contributed by atoms with Crippen molar-refractivity contribution in [3.8, 4) is 23.7 Å². The molecular formula is C41H37N5O8S2. The molecule has 1 aromatic heterocycles. The van der Waals surface area contributed by atoms with Gasteiger partial charge in [0.15, 0.2) is 0 Å². The predicted octanol–water partition coefficient (Wildman–Crippen LogP) is 7.89. The number of rotatable bonds is 8. The minimum Gasteiger partial charge on any atom is -0.278 e. The van der Waals surface area contributed by atoms with Crippen LogP contribution in [0.1, 0.15) is 75.2 Å². The molecule has 0 spiro atoms. The average molecular weight is 792 g/mol. The van der Waals surface area contributed by atoms with Gasteiger partial charge in [-0.05, 0) is 94.5 Å². The normalized spacial score (nSPS) is 11.7. The molecule has 5 aromatic rings. The summed E-state index contributed by atoms with van der Waals surface area (Å²) in [5, 5.41) is 22.1. The Balaban J connectivity index is 1.49. The first-order chi connectivity index (χ1) is 26.1. The van der Waals surface area contributed by atoms with Gasteiger partial charge in [0, 0.05) is 35.4 Å². The lowest BCUT2D eigenvalue weighted by atomic mass is 9.86. The van der Waals surface area contributed by atoms with E-state index < -0.39 is 29.9 Å². The number of nitro benzene ring substituents is 2. The minimum absolute atomic E-state index is 0.162. The molecule has 0 fully saturated rings. The molecule has 0 saturated carbocycles. The van der Waals surface area contributed by atoms with Crippen molar-refractivity contribution in [3.63, 3.8) is 0 Å². The molecule has 4 aromatic carbocycles. The summed E-state index contributed by atoms with van der Waals surface area (Å²) in [6, 6.07) is 24.5. The van der Waals surface area contributed by atoms with Crippen LogP contribution in [-0.2, 0) is 30.9 Å². The van der Waals surface area contributed by atoms with Crippen molar-refractivity contribution in [1.29, 1.82) is 0 Å². The van der Waals surface area contributed by atoms with E-state index >= 15 is 0 Å². The number of anilines is 2. The van der Waals surface area contributed by atoms with Crippen molar-refractivity contribution in [1.82, 2.24) is 4.98 Å². The van der Waals surface area contributed by atoms with Gasteiger partial charge in [0.1, 0.15) is 11.4 Å². The van der Waals surface area contributed by atoms with Gasteiger partial charge in [0.05, 0.1) is 31.0 Å². The van der Waals surface area contributed by atoms with Gasteiger partial charge in [-0.15, -0.1) is 0 Å². The van der Waals surface area contributed by atoms with Crippen LogP contribution in [0.25, 0.3) is 0 Å². The van der Waals surface area contributed by atoms with Gasteiger partial charge in [0.25, 0.3) is 31.4 Å². The second-order valence-electron chi connectivity index (χ2n) is 14.6. The molecular weight excluding hydrogens is 755 g/mol. The number of pyridine rings is 1. The molecule has 0 aliphatic carbocycles. The fraction of sp³-hybridized carbons (Fsp3) is 0.195. The topological polar surface area (TPSA) is 192 Å². The number of nitro groups is 2. The SMILES string of the molecule is CC(C)(C)c1ccc(NS(=O)(=O)c2ccc([N+](=O)[O-])cc2)c(C#Cc2cccc(C#Cc3cc(C(C)(C)C)ccc3NS(=O)(=O)c3ccc([N+](=O)[O-])cc3)n2)c1. The average Bonchev–Trinajstić information content (AvgIpc) is 3.13. The molecule has 0 saturated heterocycles. The summed E-state index contributed by atoms with van der Waals surface area (Å²) in [5.74, 6) is 12.1. The fourth-order valence-electron chi connectivity index (χ4n) is 5.14. The highest BCUT2D eigenvalue weighted by Crippen LogP contribution is 2.30. The van der Waals surface area contributed by atoms with Gasteiger partial charge >= 0.3 is 0 Å². The summed E-state index contributed by atoms with van der Waals surface area (Å²) >= 11 is 0. The summed E-state index contributed by atoms with van der Waals surface area (Å²) in [5.41, 5.74) is 2.49. The second kappa shape index (κ2) is 15.7. The Morgan fingerprint density at radius 3 is 1.21 bits per heavy atom. The number of sulfonamides is 2. The molecule has 13 nitrogen and oxygen atoms in total. The van der Waals surface area contributed by atoms with Crippen molar-refractivity contribution in [2.24, 2.45) is 0 Å². The third-order valence-corrected chi connectivity index (χ3v) is 11.1. The van der Waals surface area contributed by atoms with Crippen LogP contribution in [0.2, 0.25) is 0 Å². The molecule has 5 rings (SSSR count). The fourth-order valence-corrected chi connectivity index (χ4v) is 7.30. The number of hydrogen-bond donors (Lipinski definition) is 2. The summed E-state index contributed by atoms with van der Waals surface area (Å²) < 4.78 is 58.3. The van der Waals surface area contributed by atoms with E-state index in [0.717, 1.165) is 59.7 Å². The van der Waals surface area contributed by atoms with E-state index in [-0.39, 0.29) is 43.4 Å². The quantitative estimate of drug-likeness (QED) is 0.0893. The van der Waals surface area contributed by atoms with E-state index in [1.54, 1.807) is 54.6 Å². The zero-order valence-electron chi connectivity index (χ0n) is 31.2. The molecule has 56 heavy (non-hydrogen) atoms. The van der Waals surface area contributed by atoms with E-state index in [9.17, 15) is 37.1 Å². The smallest absolute Gasteiger partial charge is 0.269 e. The third-order valence-electron chi connectivity index (χ3n) is 8.38. The number of aromatic nitrogens is 1. The van der Waals surface area contributed by atoms with Gasteiger partial charge < -0.3 is 0 Å².